The van der Waals surface area contributed by atoms with Gasteiger partial charge in [-0.2, -0.15) is 0 Å². The van der Waals surface area contributed by atoms with Gasteiger partial charge >= 0.3 is 6.09 Å². The molecule has 1 aliphatic rings. The van der Waals surface area contributed by atoms with Crippen LogP contribution in [0.3, 0.4) is 0 Å². The van der Waals surface area contributed by atoms with Crippen LogP contribution in [0.25, 0.3) is 0 Å². The van der Waals surface area contributed by atoms with Gasteiger partial charge in [0, 0.05) is 12.6 Å². The topological polar surface area (TPSA) is 93.5 Å². The molecule has 4 N–H and O–H groups in total. The zero-order chi connectivity index (χ0) is 17.4. The van der Waals surface area contributed by atoms with E-state index in [0.29, 0.717) is 12.5 Å². The normalized spacial score (nSPS) is 21.6. The lowest BCUT2D eigenvalue weighted by molar-refractivity contribution is -0.122. The summed E-state index contributed by atoms with van der Waals surface area (Å²) in [5, 5.41) is 5.79. The highest BCUT2D eigenvalue weighted by atomic mass is 16.5. The molecule has 2 amide bonds. The number of rotatable bonds is 6. The summed E-state index contributed by atoms with van der Waals surface area (Å²) in [6.45, 7) is 2.58. The SMILES string of the molecule is C[C@H](N)C(=O)NC1CCC(CNC(=O)OCc2ccccc2)CC1. The Morgan fingerprint density at radius 3 is 2.50 bits per heavy atom. The Bertz CT molecular complexity index is 526. The largest absolute Gasteiger partial charge is 0.445 e. The van der Waals surface area contributed by atoms with E-state index in [1.54, 1.807) is 6.92 Å². The number of ether oxygens (including phenoxy) is 1. The molecule has 0 spiro atoms. The van der Waals surface area contributed by atoms with Gasteiger partial charge in [0.25, 0.3) is 0 Å². The van der Waals surface area contributed by atoms with Crippen molar-refractivity contribution in [2.24, 2.45) is 11.7 Å². The van der Waals surface area contributed by atoms with Crippen molar-refractivity contribution in [1.29, 1.82) is 0 Å². The summed E-state index contributed by atoms with van der Waals surface area (Å²) >= 11 is 0. The Morgan fingerprint density at radius 1 is 1.21 bits per heavy atom. The molecule has 0 aliphatic heterocycles. The highest BCUT2D eigenvalue weighted by molar-refractivity contribution is 5.81. The van der Waals surface area contributed by atoms with Gasteiger partial charge in [-0.15, -0.1) is 0 Å². The average Bonchev–Trinajstić information content (AvgIpc) is 2.60. The smallest absolute Gasteiger partial charge is 0.407 e. The van der Waals surface area contributed by atoms with Crippen molar-refractivity contribution in [2.45, 2.75) is 51.3 Å². The summed E-state index contributed by atoms with van der Waals surface area (Å²) in [6.07, 6.45) is 3.41. The fraction of sp³-hybridized carbons (Fsp3) is 0.556. The van der Waals surface area contributed by atoms with Crippen LogP contribution in [0.2, 0.25) is 0 Å². The molecule has 0 radical (unpaired) electrons. The van der Waals surface area contributed by atoms with Gasteiger partial charge < -0.3 is 21.1 Å². The van der Waals surface area contributed by atoms with Crippen LogP contribution in [0.15, 0.2) is 30.3 Å². The molecule has 132 valence electrons. The van der Waals surface area contributed by atoms with Crippen LogP contribution in [-0.4, -0.2) is 30.6 Å². The van der Waals surface area contributed by atoms with Gasteiger partial charge in [0.05, 0.1) is 6.04 Å². The van der Waals surface area contributed by atoms with E-state index in [1.807, 2.05) is 30.3 Å². The maximum Gasteiger partial charge on any atom is 0.407 e. The molecule has 0 heterocycles. The van der Waals surface area contributed by atoms with Crippen LogP contribution in [-0.2, 0) is 16.1 Å². The predicted octanol–water partition coefficient (Wildman–Crippen LogP) is 1.93. The standard InChI is InChI=1S/C18H27N3O3/c1-13(19)17(22)21-16-9-7-14(8-10-16)11-20-18(23)24-12-15-5-3-2-4-6-15/h2-6,13-14,16H,7-12,19H2,1H3,(H,20,23)(H,21,22)/t13-,14?,16?/m0/s1. The number of carbonyl (C=O) groups excluding carboxylic acids is 2. The van der Waals surface area contributed by atoms with Crippen molar-refractivity contribution in [3.63, 3.8) is 0 Å². The molecular weight excluding hydrogens is 306 g/mol. The van der Waals surface area contributed by atoms with Gasteiger partial charge in [-0.3, -0.25) is 4.79 Å². The number of carbonyl (C=O) groups is 2. The van der Waals surface area contributed by atoms with E-state index in [4.69, 9.17) is 10.5 Å². The Morgan fingerprint density at radius 2 is 1.88 bits per heavy atom. The second-order valence-electron chi connectivity index (χ2n) is 6.46. The third-order valence-electron chi connectivity index (χ3n) is 4.35. The maximum absolute atomic E-state index is 11.7. The molecule has 0 bridgehead atoms. The Kier molecular flexibility index (Phi) is 7.06. The van der Waals surface area contributed by atoms with Gasteiger partial charge in [-0.05, 0) is 44.1 Å². The number of benzene rings is 1. The summed E-state index contributed by atoms with van der Waals surface area (Å²) in [5.74, 6) is 0.332. The highest BCUT2D eigenvalue weighted by Crippen LogP contribution is 2.23. The van der Waals surface area contributed by atoms with Gasteiger partial charge in [-0.25, -0.2) is 4.79 Å². The van der Waals surface area contributed by atoms with Crippen LogP contribution in [0, 0.1) is 5.92 Å². The van der Waals surface area contributed by atoms with E-state index in [9.17, 15) is 9.59 Å². The quantitative estimate of drug-likeness (QED) is 0.741. The number of hydrogen-bond donors (Lipinski definition) is 3. The minimum atomic E-state index is -0.469. The molecule has 0 saturated heterocycles. The summed E-state index contributed by atoms with van der Waals surface area (Å²) in [4.78, 5) is 23.3. The summed E-state index contributed by atoms with van der Waals surface area (Å²) in [7, 11) is 0. The van der Waals surface area contributed by atoms with E-state index in [2.05, 4.69) is 10.6 Å². The first-order chi connectivity index (χ1) is 11.5. The Balaban J connectivity index is 1.60. The molecule has 6 heteroatoms. The van der Waals surface area contributed by atoms with Crippen LogP contribution in [0.4, 0.5) is 4.79 Å². The van der Waals surface area contributed by atoms with Crippen molar-refractivity contribution < 1.29 is 14.3 Å². The Hall–Kier alpha value is -2.08. The molecule has 1 saturated carbocycles. The molecule has 1 aliphatic carbocycles. The van der Waals surface area contributed by atoms with E-state index < -0.39 is 6.04 Å². The molecule has 0 aromatic heterocycles. The van der Waals surface area contributed by atoms with Crippen LogP contribution in [0.5, 0.6) is 0 Å². The summed E-state index contributed by atoms with van der Waals surface area (Å²) in [6, 6.07) is 9.33. The number of hydrogen-bond acceptors (Lipinski definition) is 4. The number of alkyl carbamates (subject to hydrolysis) is 1. The van der Waals surface area contributed by atoms with E-state index in [0.717, 1.165) is 31.2 Å². The highest BCUT2D eigenvalue weighted by Gasteiger charge is 2.23. The maximum atomic E-state index is 11.7. The zero-order valence-corrected chi connectivity index (χ0v) is 14.2. The lowest BCUT2D eigenvalue weighted by Crippen LogP contribution is -2.45. The van der Waals surface area contributed by atoms with Crippen molar-refractivity contribution in [2.75, 3.05) is 6.54 Å². The summed E-state index contributed by atoms with van der Waals surface area (Å²) in [5.41, 5.74) is 6.53. The number of nitrogens with two attached hydrogens (primary N) is 1. The number of amides is 2. The van der Waals surface area contributed by atoms with Crippen LogP contribution < -0.4 is 16.4 Å². The molecule has 1 aromatic carbocycles. The first kappa shape index (κ1) is 18.3. The average molecular weight is 333 g/mol. The second-order valence-corrected chi connectivity index (χ2v) is 6.46. The Labute approximate surface area is 143 Å². The van der Waals surface area contributed by atoms with Crippen molar-refractivity contribution >= 4 is 12.0 Å². The molecule has 1 atom stereocenters. The zero-order valence-electron chi connectivity index (χ0n) is 14.2. The summed E-state index contributed by atoms with van der Waals surface area (Å²) < 4.78 is 5.20. The van der Waals surface area contributed by atoms with Gasteiger partial charge in [0.15, 0.2) is 0 Å². The lowest BCUT2D eigenvalue weighted by Gasteiger charge is -2.29. The minimum Gasteiger partial charge on any atom is -0.445 e. The van der Waals surface area contributed by atoms with Gasteiger partial charge in [0.1, 0.15) is 6.61 Å². The fourth-order valence-electron chi connectivity index (χ4n) is 2.85. The van der Waals surface area contributed by atoms with Crippen molar-refractivity contribution in [1.82, 2.24) is 10.6 Å². The van der Waals surface area contributed by atoms with E-state index in [1.165, 1.54) is 0 Å². The first-order valence-corrected chi connectivity index (χ1v) is 8.55. The van der Waals surface area contributed by atoms with Crippen molar-refractivity contribution in [3.8, 4) is 0 Å². The molecule has 6 nitrogen and oxygen atoms in total. The number of nitrogens with one attached hydrogen (secondary N) is 2. The van der Waals surface area contributed by atoms with Crippen molar-refractivity contribution in [3.05, 3.63) is 35.9 Å². The minimum absolute atomic E-state index is 0.0962. The molecule has 0 unspecified atom stereocenters. The third-order valence-corrected chi connectivity index (χ3v) is 4.35. The van der Waals surface area contributed by atoms with Gasteiger partial charge in [-0.1, -0.05) is 30.3 Å². The third kappa shape index (κ3) is 6.20. The molecule has 24 heavy (non-hydrogen) atoms. The fourth-order valence-corrected chi connectivity index (χ4v) is 2.85. The van der Waals surface area contributed by atoms with E-state index >= 15 is 0 Å². The molecule has 1 fully saturated rings. The lowest BCUT2D eigenvalue weighted by atomic mass is 9.86. The van der Waals surface area contributed by atoms with Crippen LogP contribution >= 0.6 is 0 Å². The van der Waals surface area contributed by atoms with Gasteiger partial charge in [0.2, 0.25) is 5.91 Å². The monoisotopic (exact) mass is 333 g/mol. The van der Waals surface area contributed by atoms with Crippen LogP contribution in [0.1, 0.15) is 38.2 Å². The first-order valence-electron chi connectivity index (χ1n) is 8.55. The van der Waals surface area contributed by atoms with E-state index in [-0.39, 0.29) is 24.6 Å². The molecular formula is C18H27N3O3. The predicted molar refractivity (Wildman–Crippen MR) is 92.2 cm³/mol. The molecule has 1 aromatic rings. The second kappa shape index (κ2) is 9.27. The molecule has 2 rings (SSSR count).